The zero-order chi connectivity index (χ0) is 13.1. The van der Waals surface area contributed by atoms with E-state index in [2.05, 4.69) is 50.0 Å². The fourth-order valence-electron chi connectivity index (χ4n) is 3.43. The van der Waals surface area contributed by atoms with E-state index in [1.165, 1.54) is 51.6 Å². The fourth-order valence-corrected chi connectivity index (χ4v) is 3.43. The molecule has 0 aromatic carbocycles. The van der Waals surface area contributed by atoms with E-state index < -0.39 is 0 Å². The van der Waals surface area contributed by atoms with E-state index in [0.717, 1.165) is 0 Å². The zero-order valence-corrected chi connectivity index (χ0v) is 12.4. The Hall–Kier alpha value is -0.560. The summed E-state index contributed by atoms with van der Waals surface area (Å²) in [5.41, 5.74) is 0.544. The molecule has 102 valence electrons. The second-order valence-electron chi connectivity index (χ2n) is 6.00. The number of likely N-dealkylation sites (tertiary alicyclic amines) is 1. The van der Waals surface area contributed by atoms with E-state index in [-0.39, 0.29) is 5.54 Å². The Bertz CT molecular complexity index is 301. The largest absolute Gasteiger partial charge is 0.291 e. The summed E-state index contributed by atoms with van der Waals surface area (Å²) in [7, 11) is 0. The molecule has 0 atom stereocenters. The third-order valence-electron chi connectivity index (χ3n) is 5.24. The molecule has 0 N–H and O–H groups in total. The number of allylic oxidation sites excluding steroid dienone is 2. The van der Waals surface area contributed by atoms with Gasteiger partial charge in [0.1, 0.15) is 0 Å². The maximum Gasteiger partial charge on any atom is 0.0573 e. The molecule has 0 aromatic rings. The van der Waals surface area contributed by atoms with Crippen LogP contribution >= 0.6 is 0 Å². The topological polar surface area (TPSA) is 3.24 Å². The predicted octanol–water partition coefficient (Wildman–Crippen LogP) is 4.55. The van der Waals surface area contributed by atoms with Crippen LogP contribution in [0.4, 0.5) is 0 Å². The van der Waals surface area contributed by atoms with Crippen molar-refractivity contribution >= 4 is 0 Å². The Balaban J connectivity index is 2.18. The number of piperidine rings is 1. The lowest BCUT2D eigenvalue weighted by molar-refractivity contribution is 0.132. The lowest BCUT2D eigenvalue weighted by Crippen LogP contribution is -2.49. The molecular weight excluding hydrogens is 218 g/mol. The molecule has 1 aliphatic carbocycles. The van der Waals surface area contributed by atoms with E-state index in [0.29, 0.717) is 5.41 Å². The van der Waals surface area contributed by atoms with E-state index in [1.807, 2.05) is 0 Å². The first-order valence-corrected chi connectivity index (χ1v) is 7.86. The van der Waals surface area contributed by atoms with Gasteiger partial charge in [-0.15, -0.1) is 0 Å². The van der Waals surface area contributed by atoms with Gasteiger partial charge >= 0.3 is 0 Å². The van der Waals surface area contributed by atoms with Crippen LogP contribution in [0.15, 0.2) is 24.3 Å². The lowest BCUT2D eigenvalue weighted by Gasteiger charge is -2.45. The standard InChI is InChI=1S/C17H29N/c1-4-16(5-2)10-12-17(6-3,13-11-16)18-14-8-7-9-15-18/h10-13H,4-9,14-15H2,1-3H3. The molecule has 1 aliphatic heterocycles. The van der Waals surface area contributed by atoms with Crippen LogP contribution < -0.4 is 0 Å². The van der Waals surface area contributed by atoms with Crippen LogP contribution in [0.1, 0.15) is 59.3 Å². The molecule has 0 unspecified atom stereocenters. The van der Waals surface area contributed by atoms with Crippen molar-refractivity contribution < 1.29 is 0 Å². The molecule has 1 saturated heterocycles. The maximum atomic E-state index is 2.69. The third kappa shape index (κ3) is 2.42. The van der Waals surface area contributed by atoms with Crippen LogP contribution in [0, 0.1) is 5.41 Å². The summed E-state index contributed by atoms with van der Waals surface area (Å²) in [6.45, 7) is 9.48. The van der Waals surface area contributed by atoms with Gasteiger partial charge in [-0.2, -0.15) is 0 Å². The maximum absolute atomic E-state index is 2.69. The average molecular weight is 247 g/mol. The third-order valence-corrected chi connectivity index (χ3v) is 5.24. The first kappa shape index (κ1) is 13.9. The van der Waals surface area contributed by atoms with Gasteiger partial charge in [0.25, 0.3) is 0 Å². The minimum atomic E-state index is 0.217. The van der Waals surface area contributed by atoms with Crippen molar-refractivity contribution in [3.63, 3.8) is 0 Å². The van der Waals surface area contributed by atoms with E-state index in [9.17, 15) is 0 Å². The van der Waals surface area contributed by atoms with Crippen molar-refractivity contribution in [3.05, 3.63) is 24.3 Å². The minimum Gasteiger partial charge on any atom is -0.291 e. The molecule has 0 bridgehead atoms. The molecule has 1 nitrogen and oxygen atoms in total. The summed E-state index contributed by atoms with van der Waals surface area (Å²) >= 11 is 0. The van der Waals surface area contributed by atoms with Crippen LogP contribution in [0.3, 0.4) is 0 Å². The number of hydrogen-bond acceptors (Lipinski definition) is 1. The average Bonchev–Trinajstić information content (AvgIpc) is 2.48. The molecular formula is C17H29N. The summed E-state index contributed by atoms with van der Waals surface area (Å²) in [4.78, 5) is 2.69. The van der Waals surface area contributed by atoms with Crippen LogP contribution in [0.25, 0.3) is 0 Å². The molecule has 2 aliphatic rings. The zero-order valence-electron chi connectivity index (χ0n) is 12.4. The molecule has 1 heterocycles. The summed E-state index contributed by atoms with van der Waals surface area (Å²) in [6, 6.07) is 0. The molecule has 1 fully saturated rings. The van der Waals surface area contributed by atoms with Crippen LogP contribution in [-0.2, 0) is 0 Å². The Morgan fingerprint density at radius 3 is 1.78 bits per heavy atom. The highest BCUT2D eigenvalue weighted by Crippen LogP contribution is 2.39. The highest BCUT2D eigenvalue weighted by molar-refractivity contribution is 5.30. The Morgan fingerprint density at radius 2 is 1.33 bits per heavy atom. The molecule has 1 heteroatoms. The molecule has 0 spiro atoms. The fraction of sp³-hybridized carbons (Fsp3) is 0.765. The second kappa shape index (κ2) is 5.61. The molecule has 0 amide bonds. The van der Waals surface area contributed by atoms with Crippen molar-refractivity contribution in [1.82, 2.24) is 4.90 Å². The van der Waals surface area contributed by atoms with Gasteiger partial charge < -0.3 is 0 Å². The van der Waals surface area contributed by atoms with Gasteiger partial charge in [-0.25, -0.2) is 0 Å². The predicted molar refractivity (Wildman–Crippen MR) is 79.7 cm³/mol. The summed E-state index contributed by atoms with van der Waals surface area (Å²) in [6.07, 6.45) is 17.8. The quantitative estimate of drug-likeness (QED) is 0.659. The van der Waals surface area contributed by atoms with Crippen LogP contribution in [-0.4, -0.2) is 23.5 Å². The highest BCUT2D eigenvalue weighted by atomic mass is 15.2. The number of hydrogen-bond donors (Lipinski definition) is 0. The number of rotatable bonds is 4. The molecule has 18 heavy (non-hydrogen) atoms. The number of nitrogens with zero attached hydrogens (tertiary/aromatic N) is 1. The van der Waals surface area contributed by atoms with Crippen LogP contribution in [0.2, 0.25) is 0 Å². The van der Waals surface area contributed by atoms with Gasteiger partial charge in [0.05, 0.1) is 5.54 Å². The molecule has 2 rings (SSSR count). The van der Waals surface area contributed by atoms with Gasteiger partial charge in [-0.1, -0.05) is 51.5 Å². The van der Waals surface area contributed by atoms with Gasteiger partial charge in [-0.3, -0.25) is 4.90 Å². The highest BCUT2D eigenvalue weighted by Gasteiger charge is 2.35. The Kier molecular flexibility index (Phi) is 4.32. The molecule has 0 saturated carbocycles. The van der Waals surface area contributed by atoms with Crippen molar-refractivity contribution in [1.29, 1.82) is 0 Å². The second-order valence-corrected chi connectivity index (χ2v) is 6.00. The summed E-state index contributed by atoms with van der Waals surface area (Å²) < 4.78 is 0. The monoisotopic (exact) mass is 247 g/mol. The lowest BCUT2D eigenvalue weighted by atomic mass is 9.74. The molecule has 0 aromatic heterocycles. The Morgan fingerprint density at radius 1 is 0.778 bits per heavy atom. The van der Waals surface area contributed by atoms with E-state index in [1.54, 1.807) is 0 Å². The minimum absolute atomic E-state index is 0.217. The SMILES string of the molecule is CCC1(CC)C=CC(CC)(N2CCCCC2)C=C1. The van der Waals surface area contributed by atoms with Crippen molar-refractivity contribution in [3.8, 4) is 0 Å². The summed E-state index contributed by atoms with van der Waals surface area (Å²) in [5, 5.41) is 0. The van der Waals surface area contributed by atoms with Crippen molar-refractivity contribution in [2.45, 2.75) is 64.8 Å². The van der Waals surface area contributed by atoms with E-state index in [4.69, 9.17) is 0 Å². The van der Waals surface area contributed by atoms with Gasteiger partial charge in [-0.05, 0) is 45.2 Å². The normalized spacial score (nSPS) is 26.4. The van der Waals surface area contributed by atoms with Gasteiger partial charge in [0.15, 0.2) is 0 Å². The van der Waals surface area contributed by atoms with E-state index >= 15 is 0 Å². The molecule has 0 radical (unpaired) electrons. The Labute approximate surface area is 113 Å². The first-order chi connectivity index (χ1) is 8.70. The van der Waals surface area contributed by atoms with Crippen LogP contribution in [0.5, 0.6) is 0 Å². The van der Waals surface area contributed by atoms with Crippen molar-refractivity contribution in [2.75, 3.05) is 13.1 Å². The first-order valence-electron chi connectivity index (χ1n) is 7.86. The van der Waals surface area contributed by atoms with Gasteiger partial charge in [0.2, 0.25) is 0 Å². The van der Waals surface area contributed by atoms with Gasteiger partial charge in [0, 0.05) is 5.41 Å². The summed E-state index contributed by atoms with van der Waals surface area (Å²) in [5.74, 6) is 0. The van der Waals surface area contributed by atoms with Crippen molar-refractivity contribution in [2.24, 2.45) is 5.41 Å². The smallest absolute Gasteiger partial charge is 0.0573 e.